The molecule has 0 spiro atoms. The van der Waals surface area contributed by atoms with Crippen LogP contribution in [0.2, 0.25) is 0 Å². The summed E-state index contributed by atoms with van der Waals surface area (Å²) in [7, 11) is -10.3. The van der Waals surface area contributed by atoms with Crippen molar-refractivity contribution in [2.45, 2.75) is 12.8 Å². The van der Waals surface area contributed by atoms with Crippen LogP contribution in [0.1, 0.15) is 12.8 Å². The van der Waals surface area contributed by atoms with Gasteiger partial charge in [-0.05, 0) is 39.0 Å². The second kappa shape index (κ2) is 50.2. The van der Waals surface area contributed by atoms with Crippen molar-refractivity contribution in [2.24, 2.45) is 0 Å². The summed E-state index contributed by atoms with van der Waals surface area (Å²) >= 11 is 0. The fourth-order valence-corrected chi connectivity index (χ4v) is 1.53. The predicted molar refractivity (Wildman–Crippen MR) is 118 cm³/mol. The SMILES string of the molecule is C1CNCCNCCCNCCNC1.O.O.O=S(=O)([O-])[O-].O=S(=O)([O-])[O-].[Ni+2].[Ni+2].[OH3+].[OH3+].[OH3+].[OH3+].[OH3+].[OH3+]. The minimum absolute atomic E-state index is 0. The normalized spacial score (nSPS) is 13.3. The molecule has 228 valence electrons. The van der Waals surface area contributed by atoms with Crippen LogP contribution in [0.5, 0.6) is 0 Å². The van der Waals surface area contributed by atoms with Crippen LogP contribution < -0.4 is 21.3 Å². The maximum Gasteiger partial charge on any atom is 2.00 e. The Kier molecular flexibility index (Phi) is 113. The maximum atomic E-state index is 8.52. The Morgan fingerprint density at radius 2 is 0.529 bits per heavy atom. The summed E-state index contributed by atoms with van der Waals surface area (Å²) in [6.45, 7) is 8.87. The molecule has 0 aromatic heterocycles. The Morgan fingerprint density at radius 1 is 0.412 bits per heavy atom. The molecule has 0 amide bonds. The summed E-state index contributed by atoms with van der Waals surface area (Å²) < 4.78 is 68.2. The van der Waals surface area contributed by atoms with Gasteiger partial charge in [0.15, 0.2) is 0 Å². The maximum absolute atomic E-state index is 8.52. The van der Waals surface area contributed by atoms with Crippen molar-refractivity contribution in [3.8, 4) is 0 Å². The number of rotatable bonds is 0. The summed E-state index contributed by atoms with van der Waals surface area (Å²) in [6, 6.07) is 0. The van der Waals surface area contributed by atoms with E-state index in [9.17, 15) is 0 Å². The van der Waals surface area contributed by atoms with Crippen molar-refractivity contribution >= 4 is 20.8 Å². The molecule has 20 nitrogen and oxygen atoms in total. The van der Waals surface area contributed by atoms with Crippen LogP contribution in [0.4, 0.5) is 0 Å². The Hall–Kier alpha value is 0.247. The average molecular weight is 660 g/mol. The van der Waals surface area contributed by atoms with Gasteiger partial charge < -0.3 is 83.3 Å². The zero-order valence-corrected chi connectivity index (χ0v) is 21.9. The van der Waals surface area contributed by atoms with Gasteiger partial charge in [-0.2, -0.15) is 0 Å². The topological polar surface area (TPSA) is 470 Å². The van der Waals surface area contributed by atoms with Crippen LogP contribution in [0.3, 0.4) is 0 Å². The number of hydrogen-bond donors (Lipinski definition) is 4. The fraction of sp³-hybridized carbons (Fsp3) is 1.00. The largest absolute Gasteiger partial charge is 2.00 e. The van der Waals surface area contributed by atoms with Crippen LogP contribution in [0, 0.1) is 0 Å². The van der Waals surface area contributed by atoms with E-state index in [4.69, 9.17) is 35.0 Å². The minimum Gasteiger partial charge on any atom is -0.759 e. The van der Waals surface area contributed by atoms with Gasteiger partial charge in [0.05, 0.1) is 0 Å². The van der Waals surface area contributed by atoms with Crippen LogP contribution in [-0.2, 0) is 86.6 Å². The monoisotopic (exact) mass is 658 g/mol. The van der Waals surface area contributed by atoms with Gasteiger partial charge in [-0.1, -0.05) is 0 Å². The first-order valence-electron chi connectivity index (χ1n) is 7.16. The fourth-order valence-electron chi connectivity index (χ4n) is 1.53. The van der Waals surface area contributed by atoms with Crippen LogP contribution in [0.25, 0.3) is 0 Å². The molecule has 34 heavy (non-hydrogen) atoms. The molecular formula is C10H46N4Ni2O16S2+6. The molecule has 24 heteroatoms. The van der Waals surface area contributed by atoms with Crippen molar-refractivity contribution in [3.05, 3.63) is 0 Å². The Balaban J connectivity index is -0.0000000215. The van der Waals surface area contributed by atoms with Gasteiger partial charge in [0, 0.05) is 47.0 Å². The van der Waals surface area contributed by atoms with Gasteiger partial charge >= 0.3 is 33.0 Å². The molecule has 1 saturated heterocycles. The van der Waals surface area contributed by atoms with Gasteiger partial charge in [-0.25, -0.2) is 0 Å². The smallest absolute Gasteiger partial charge is 0.759 e. The number of hydrogen-bond acceptors (Lipinski definition) is 12. The van der Waals surface area contributed by atoms with Gasteiger partial charge in [0.25, 0.3) is 0 Å². The third kappa shape index (κ3) is 155. The molecule has 1 aliphatic heterocycles. The predicted octanol–water partition coefficient (Wildman–Crippen LogP) is -10.7. The third-order valence-corrected chi connectivity index (χ3v) is 2.37. The molecule has 0 saturated carbocycles. The van der Waals surface area contributed by atoms with Gasteiger partial charge in [0.2, 0.25) is 0 Å². The van der Waals surface area contributed by atoms with Gasteiger partial charge in [-0.3, -0.25) is 16.8 Å². The Labute approximate surface area is 218 Å². The number of nitrogens with one attached hydrogen (secondary N) is 4. The summed E-state index contributed by atoms with van der Waals surface area (Å²) in [5, 5.41) is 13.7. The summed E-state index contributed by atoms with van der Waals surface area (Å²) in [6.07, 6.45) is 2.44. The molecule has 0 atom stereocenters. The second-order valence-corrected chi connectivity index (χ2v) is 6.16. The Morgan fingerprint density at radius 3 is 0.647 bits per heavy atom. The van der Waals surface area contributed by atoms with E-state index in [1.807, 2.05) is 0 Å². The van der Waals surface area contributed by atoms with Crippen molar-refractivity contribution in [1.29, 1.82) is 0 Å². The van der Waals surface area contributed by atoms with Crippen molar-refractivity contribution in [1.82, 2.24) is 21.3 Å². The molecule has 0 unspecified atom stereocenters. The molecule has 1 heterocycles. The molecule has 1 fully saturated rings. The van der Waals surface area contributed by atoms with Gasteiger partial charge in [-0.15, -0.1) is 0 Å². The average Bonchev–Trinajstić information content (AvgIpc) is 2.38. The Bertz CT molecular complexity index is 393. The molecule has 0 bridgehead atoms. The zero-order chi connectivity index (χ0) is 18.9. The molecule has 1 aliphatic rings. The van der Waals surface area contributed by atoms with E-state index in [0.717, 1.165) is 52.4 Å². The third-order valence-electron chi connectivity index (χ3n) is 2.37. The van der Waals surface area contributed by atoms with E-state index in [1.165, 1.54) is 12.8 Å². The summed E-state index contributed by atoms with van der Waals surface area (Å²) in [5.74, 6) is 0. The van der Waals surface area contributed by atoms with E-state index in [1.54, 1.807) is 0 Å². The van der Waals surface area contributed by atoms with E-state index < -0.39 is 20.8 Å². The first-order valence-corrected chi connectivity index (χ1v) is 9.83. The van der Waals surface area contributed by atoms with E-state index >= 15 is 0 Å². The standard InChI is InChI=1S/C10H24N4.2Ni.2H2O4S.8H2O/c1-3-11-7-9-13-5-2-6-14-10-8-12-4-1;;;2*1-5(2,3)4;;;;;;;;/h11-14H,1-10H2;;;2*(H2,1,2,3,4);8*1H2/q;2*+2;;;;;;;;;;/p+2. The van der Waals surface area contributed by atoms with Crippen molar-refractivity contribution < 1.29 is 112 Å². The molecule has 1 rings (SSSR count). The molecule has 0 aromatic rings. The first-order chi connectivity index (χ1) is 11.0. The molecule has 0 aromatic carbocycles. The van der Waals surface area contributed by atoms with E-state index in [2.05, 4.69) is 21.3 Å². The quantitative estimate of drug-likeness (QED) is 0.0814. The van der Waals surface area contributed by atoms with Crippen LogP contribution in [-0.4, -0.2) is 98.4 Å². The minimum atomic E-state index is -5.17. The molecule has 26 N–H and O–H groups in total. The summed E-state index contributed by atoms with van der Waals surface area (Å²) in [5.41, 5.74) is 0. The zero-order valence-electron chi connectivity index (χ0n) is 18.3. The van der Waals surface area contributed by atoms with Crippen LogP contribution in [0.15, 0.2) is 0 Å². The molecule has 0 aliphatic carbocycles. The van der Waals surface area contributed by atoms with E-state index in [0.29, 0.717) is 0 Å². The van der Waals surface area contributed by atoms with Crippen LogP contribution >= 0.6 is 0 Å². The van der Waals surface area contributed by atoms with E-state index in [-0.39, 0.29) is 76.8 Å². The first kappa shape index (κ1) is 76.5. The van der Waals surface area contributed by atoms with Crippen molar-refractivity contribution in [2.75, 3.05) is 52.4 Å². The van der Waals surface area contributed by atoms with Crippen molar-refractivity contribution in [3.63, 3.8) is 0 Å². The second-order valence-electron chi connectivity index (χ2n) is 4.52. The molecule has 0 radical (unpaired) electrons. The summed E-state index contributed by atoms with van der Waals surface area (Å²) in [4.78, 5) is 0. The molecular weight excluding hydrogens is 614 g/mol. The van der Waals surface area contributed by atoms with Gasteiger partial charge in [0.1, 0.15) is 0 Å².